The average molecular weight is 426 g/mol. The van der Waals surface area contributed by atoms with Crippen LogP contribution in [0.25, 0.3) is 0 Å². The second kappa shape index (κ2) is 9.09. The van der Waals surface area contributed by atoms with Crippen molar-refractivity contribution >= 4 is 17.5 Å². The van der Waals surface area contributed by atoms with E-state index in [1.54, 1.807) is 12.4 Å². The number of para-hydroxylation sites is 1. The Hall–Kier alpha value is -2.87. The fourth-order valence-electron chi connectivity index (χ4n) is 4.55. The molecular formula is C23H31N5O3. The van der Waals surface area contributed by atoms with Crippen LogP contribution in [0.2, 0.25) is 0 Å². The number of H-pyrrole nitrogens is 1. The Balaban J connectivity index is 1.54. The first-order chi connectivity index (χ1) is 15.0. The Morgan fingerprint density at radius 3 is 2.90 bits per heavy atom. The first-order valence-corrected chi connectivity index (χ1v) is 11.1. The van der Waals surface area contributed by atoms with Crippen molar-refractivity contribution in [1.29, 1.82) is 0 Å². The van der Waals surface area contributed by atoms with Gasteiger partial charge in [-0.2, -0.15) is 5.10 Å². The van der Waals surface area contributed by atoms with Gasteiger partial charge in [0, 0.05) is 36.8 Å². The third-order valence-corrected chi connectivity index (χ3v) is 6.48. The van der Waals surface area contributed by atoms with Crippen molar-refractivity contribution in [2.45, 2.75) is 70.8 Å². The smallest absolute Gasteiger partial charge is 0.243 e. The Bertz CT molecular complexity index is 929. The Morgan fingerprint density at radius 2 is 2.16 bits per heavy atom. The number of carbonyl (C=O) groups is 2. The summed E-state index contributed by atoms with van der Waals surface area (Å²) in [6.45, 7) is 4.48. The lowest BCUT2D eigenvalue weighted by molar-refractivity contribution is -0.123. The molecule has 0 fully saturated rings. The number of hydrogen-bond donors (Lipinski definition) is 4. The van der Waals surface area contributed by atoms with Gasteiger partial charge >= 0.3 is 0 Å². The highest BCUT2D eigenvalue weighted by Gasteiger charge is 2.43. The van der Waals surface area contributed by atoms with Crippen LogP contribution in [0.15, 0.2) is 30.6 Å². The van der Waals surface area contributed by atoms with E-state index in [2.05, 4.69) is 27.8 Å². The number of aromatic nitrogens is 2. The SMILES string of the molecule is CC[C@H](C)CC(=O)N[C@H]1CCc2cccc3c2N(C1O)[C@H](C(=O)NCc1cn[nH]c1)C3. The molecule has 1 aromatic carbocycles. The number of aliphatic hydroxyl groups excluding tert-OH is 1. The number of anilines is 1. The van der Waals surface area contributed by atoms with Crippen LogP contribution in [0.3, 0.4) is 0 Å². The topological polar surface area (TPSA) is 110 Å². The van der Waals surface area contributed by atoms with Crippen LogP contribution in [-0.2, 0) is 29.0 Å². The lowest BCUT2D eigenvalue weighted by Gasteiger charge is -2.35. The molecule has 0 radical (unpaired) electrons. The maximum atomic E-state index is 13.1. The summed E-state index contributed by atoms with van der Waals surface area (Å²) in [5.74, 6) is 0.0960. The third kappa shape index (κ3) is 4.44. The minimum atomic E-state index is -0.963. The van der Waals surface area contributed by atoms with Gasteiger partial charge in [-0.25, -0.2) is 0 Å². The van der Waals surface area contributed by atoms with Gasteiger partial charge in [-0.1, -0.05) is 38.5 Å². The number of aliphatic hydroxyl groups is 1. The molecule has 4 atom stereocenters. The maximum Gasteiger partial charge on any atom is 0.243 e. The number of nitrogens with zero attached hydrogens (tertiary/aromatic N) is 2. The molecule has 1 aromatic heterocycles. The second-order valence-corrected chi connectivity index (χ2v) is 8.72. The largest absolute Gasteiger partial charge is 0.371 e. The second-order valence-electron chi connectivity index (χ2n) is 8.72. The van der Waals surface area contributed by atoms with Crippen LogP contribution in [0, 0.1) is 5.92 Å². The van der Waals surface area contributed by atoms with E-state index in [1.165, 1.54) is 0 Å². The number of amides is 2. The van der Waals surface area contributed by atoms with Crippen molar-refractivity contribution in [2.24, 2.45) is 5.92 Å². The third-order valence-electron chi connectivity index (χ3n) is 6.48. The summed E-state index contributed by atoms with van der Waals surface area (Å²) in [6, 6.07) is 5.12. The van der Waals surface area contributed by atoms with Gasteiger partial charge in [0.1, 0.15) is 12.3 Å². The van der Waals surface area contributed by atoms with Gasteiger partial charge in [-0.3, -0.25) is 14.7 Å². The summed E-state index contributed by atoms with van der Waals surface area (Å²) >= 11 is 0. The molecule has 0 saturated carbocycles. The summed E-state index contributed by atoms with van der Waals surface area (Å²) < 4.78 is 0. The first kappa shape index (κ1) is 21.4. The fraction of sp³-hybridized carbons (Fsp3) is 0.522. The van der Waals surface area contributed by atoms with E-state index < -0.39 is 18.3 Å². The van der Waals surface area contributed by atoms with E-state index in [-0.39, 0.29) is 11.8 Å². The van der Waals surface area contributed by atoms with Gasteiger partial charge in [0.05, 0.1) is 12.2 Å². The minimum Gasteiger partial charge on any atom is -0.371 e. The minimum absolute atomic E-state index is 0.0512. The molecule has 4 N–H and O–H groups in total. The van der Waals surface area contributed by atoms with Crippen LogP contribution >= 0.6 is 0 Å². The van der Waals surface area contributed by atoms with Crippen molar-refractivity contribution in [3.63, 3.8) is 0 Å². The van der Waals surface area contributed by atoms with E-state index in [1.807, 2.05) is 30.0 Å². The molecule has 0 aliphatic carbocycles. The molecule has 166 valence electrons. The molecular weight excluding hydrogens is 394 g/mol. The van der Waals surface area contributed by atoms with Gasteiger partial charge in [0.25, 0.3) is 0 Å². The number of rotatable bonds is 7. The highest BCUT2D eigenvalue weighted by molar-refractivity contribution is 5.89. The lowest BCUT2D eigenvalue weighted by Crippen LogP contribution is -2.57. The van der Waals surface area contributed by atoms with Gasteiger partial charge in [-0.15, -0.1) is 0 Å². The monoisotopic (exact) mass is 425 g/mol. The summed E-state index contributed by atoms with van der Waals surface area (Å²) in [7, 11) is 0. The summed E-state index contributed by atoms with van der Waals surface area (Å²) in [4.78, 5) is 27.5. The van der Waals surface area contributed by atoms with Crippen molar-refractivity contribution in [2.75, 3.05) is 4.90 Å². The molecule has 8 heteroatoms. The summed E-state index contributed by atoms with van der Waals surface area (Å²) in [5, 5.41) is 24.0. The predicted molar refractivity (Wildman–Crippen MR) is 117 cm³/mol. The van der Waals surface area contributed by atoms with Gasteiger partial charge in [-0.05, 0) is 29.9 Å². The molecule has 4 rings (SSSR count). The van der Waals surface area contributed by atoms with Crippen LogP contribution in [0.4, 0.5) is 5.69 Å². The molecule has 0 spiro atoms. The van der Waals surface area contributed by atoms with Crippen LogP contribution < -0.4 is 15.5 Å². The van der Waals surface area contributed by atoms with Crippen LogP contribution in [0.5, 0.6) is 0 Å². The number of benzene rings is 1. The molecule has 2 aliphatic heterocycles. The standard InChI is InChI=1S/C23H31N5O3/c1-3-14(2)9-20(29)27-18-8-7-16-5-4-6-17-10-19(28(21(16)17)23(18)31)22(30)24-11-15-12-25-26-13-15/h4-6,12-14,18-19,23,31H,3,7-11H2,1-2H3,(H,24,30)(H,25,26)(H,27,29)/t14-,18-,19-,23?/m0/s1. The van der Waals surface area contributed by atoms with E-state index in [0.29, 0.717) is 31.7 Å². The predicted octanol–water partition coefficient (Wildman–Crippen LogP) is 1.64. The van der Waals surface area contributed by atoms with E-state index in [4.69, 9.17) is 0 Å². The van der Waals surface area contributed by atoms with Gasteiger partial charge in [0.2, 0.25) is 11.8 Å². The summed E-state index contributed by atoms with van der Waals surface area (Å²) in [5.41, 5.74) is 4.00. The number of aryl methyl sites for hydroxylation is 1. The normalized spacial score (nSPS) is 23.1. The maximum absolute atomic E-state index is 13.1. The van der Waals surface area contributed by atoms with Crippen molar-refractivity contribution in [3.8, 4) is 0 Å². The van der Waals surface area contributed by atoms with Crippen molar-refractivity contribution in [3.05, 3.63) is 47.3 Å². The molecule has 8 nitrogen and oxygen atoms in total. The molecule has 2 aliphatic rings. The molecule has 0 bridgehead atoms. The molecule has 1 unspecified atom stereocenters. The van der Waals surface area contributed by atoms with Crippen LogP contribution in [0.1, 0.15) is 49.8 Å². The number of nitrogens with one attached hydrogen (secondary N) is 3. The Labute approximate surface area is 182 Å². The molecule has 31 heavy (non-hydrogen) atoms. The van der Waals surface area contributed by atoms with Gasteiger partial charge < -0.3 is 20.6 Å². The molecule has 0 saturated heterocycles. The zero-order chi connectivity index (χ0) is 22.0. The van der Waals surface area contributed by atoms with Gasteiger partial charge in [0.15, 0.2) is 0 Å². The average Bonchev–Trinajstić information content (AvgIpc) is 3.39. The molecule has 2 aromatic rings. The van der Waals surface area contributed by atoms with E-state index in [0.717, 1.165) is 35.2 Å². The van der Waals surface area contributed by atoms with Crippen molar-refractivity contribution < 1.29 is 14.7 Å². The van der Waals surface area contributed by atoms with E-state index >= 15 is 0 Å². The van der Waals surface area contributed by atoms with E-state index in [9.17, 15) is 14.7 Å². The highest BCUT2D eigenvalue weighted by atomic mass is 16.3. The molecule has 2 amide bonds. The lowest BCUT2D eigenvalue weighted by atomic mass is 10.0. The zero-order valence-corrected chi connectivity index (χ0v) is 18.1. The zero-order valence-electron chi connectivity index (χ0n) is 18.1. The summed E-state index contributed by atoms with van der Waals surface area (Å²) in [6.07, 6.45) is 5.72. The quantitative estimate of drug-likeness (QED) is 0.539. The fourth-order valence-corrected chi connectivity index (χ4v) is 4.55. The number of hydrogen-bond acceptors (Lipinski definition) is 5. The Kier molecular flexibility index (Phi) is 6.27. The molecule has 3 heterocycles. The van der Waals surface area contributed by atoms with Crippen LogP contribution in [-0.4, -0.2) is 45.4 Å². The highest BCUT2D eigenvalue weighted by Crippen LogP contribution is 2.40. The van der Waals surface area contributed by atoms with Crippen molar-refractivity contribution in [1.82, 2.24) is 20.8 Å². The number of aromatic amines is 1. The Morgan fingerprint density at radius 1 is 1.35 bits per heavy atom. The number of carbonyl (C=O) groups excluding carboxylic acids is 2. The first-order valence-electron chi connectivity index (χ1n) is 11.1.